The second kappa shape index (κ2) is 11.8. The van der Waals surface area contributed by atoms with Gasteiger partial charge in [-0.05, 0) is 100 Å². The van der Waals surface area contributed by atoms with Gasteiger partial charge in [0, 0.05) is 0 Å². The maximum Gasteiger partial charge on any atom is -0.00201 e. The van der Waals surface area contributed by atoms with E-state index in [2.05, 4.69) is 194 Å². The van der Waals surface area contributed by atoms with E-state index in [1.54, 1.807) is 0 Å². The van der Waals surface area contributed by atoms with Crippen LogP contribution < -0.4 is 0 Å². The Kier molecular flexibility index (Phi) is 6.91. The summed E-state index contributed by atoms with van der Waals surface area (Å²) in [6.45, 7) is 0. The minimum absolute atomic E-state index is 1.21. The molecule has 0 amide bonds. The zero-order valence-corrected chi connectivity index (χ0v) is 26.5. The lowest BCUT2D eigenvalue weighted by Crippen LogP contribution is -1.93. The van der Waals surface area contributed by atoms with Crippen LogP contribution in [0.3, 0.4) is 0 Å². The highest BCUT2D eigenvalue weighted by Gasteiger charge is 2.19. The molecule has 0 spiro atoms. The summed E-state index contributed by atoms with van der Waals surface area (Å²) in [5, 5.41) is 7.54. The van der Waals surface area contributed by atoms with E-state index < -0.39 is 0 Å². The average molecular weight is 609 g/mol. The summed E-state index contributed by atoms with van der Waals surface area (Å²) in [5.41, 5.74) is 12.4. The number of hydrogen-bond donors (Lipinski definition) is 0. The molecule has 0 saturated heterocycles. The lowest BCUT2D eigenvalue weighted by molar-refractivity contribution is 1.59. The van der Waals surface area contributed by atoms with Crippen molar-refractivity contribution in [2.45, 2.75) is 0 Å². The van der Waals surface area contributed by atoms with Crippen molar-refractivity contribution < 1.29 is 0 Å². The smallest absolute Gasteiger partial charge is 0.00201 e. The van der Waals surface area contributed by atoms with Crippen molar-refractivity contribution >= 4 is 32.3 Å². The van der Waals surface area contributed by atoms with Crippen LogP contribution in [-0.2, 0) is 0 Å². The third-order valence-corrected chi connectivity index (χ3v) is 9.66. The largest absolute Gasteiger partial charge is 0.0622 e. The van der Waals surface area contributed by atoms with Gasteiger partial charge in [0.1, 0.15) is 0 Å². The van der Waals surface area contributed by atoms with Gasteiger partial charge < -0.3 is 0 Å². The molecule has 224 valence electrons. The Balaban J connectivity index is 1.40. The number of rotatable bonds is 5. The SMILES string of the molecule is c1ccc(-c2cccc(-c3c4ccccc4c(-c4cccc5ccccc45)c4ccc(-c5ccccc5-c5ccccc5)cc34)c2)cc1. The fraction of sp³-hybridized carbons (Fsp3) is 0. The molecule has 0 saturated carbocycles. The van der Waals surface area contributed by atoms with Crippen LogP contribution in [0.15, 0.2) is 194 Å². The first-order valence-electron chi connectivity index (χ1n) is 16.6. The number of fused-ring (bicyclic) bond motifs is 3. The molecule has 48 heavy (non-hydrogen) atoms. The molecule has 0 aliphatic rings. The van der Waals surface area contributed by atoms with Gasteiger partial charge in [-0.2, -0.15) is 0 Å². The Morgan fingerprint density at radius 2 is 0.708 bits per heavy atom. The first kappa shape index (κ1) is 28.0. The van der Waals surface area contributed by atoms with Crippen molar-refractivity contribution in [2.24, 2.45) is 0 Å². The maximum absolute atomic E-state index is 2.43. The van der Waals surface area contributed by atoms with Crippen LogP contribution in [0.1, 0.15) is 0 Å². The molecule has 0 radical (unpaired) electrons. The summed E-state index contributed by atoms with van der Waals surface area (Å²) < 4.78 is 0. The highest BCUT2D eigenvalue weighted by molar-refractivity contribution is 6.24. The Morgan fingerprint density at radius 1 is 0.208 bits per heavy atom. The Hall–Kier alpha value is -6.24. The second-order valence-electron chi connectivity index (χ2n) is 12.4. The first-order chi connectivity index (χ1) is 23.8. The molecule has 9 rings (SSSR count). The molecule has 0 unspecified atom stereocenters. The van der Waals surface area contributed by atoms with E-state index in [4.69, 9.17) is 0 Å². The Morgan fingerprint density at radius 3 is 1.48 bits per heavy atom. The zero-order valence-electron chi connectivity index (χ0n) is 26.5. The van der Waals surface area contributed by atoms with Gasteiger partial charge in [0.15, 0.2) is 0 Å². The molecule has 0 heteroatoms. The van der Waals surface area contributed by atoms with Crippen LogP contribution in [0.5, 0.6) is 0 Å². The first-order valence-corrected chi connectivity index (χ1v) is 16.6. The molecule has 0 fully saturated rings. The van der Waals surface area contributed by atoms with Gasteiger partial charge in [-0.3, -0.25) is 0 Å². The van der Waals surface area contributed by atoms with Gasteiger partial charge in [0.2, 0.25) is 0 Å². The van der Waals surface area contributed by atoms with E-state index in [-0.39, 0.29) is 0 Å². The van der Waals surface area contributed by atoms with Gasteiger partial charge in [-0.25, -0.2) is 0 Å². The van der Waals surface area contributed by atoms with E-state index in [9.17, 15) is 0 Å². The average Bonchev–Trinajstić information content (AvgIpc) is 3.17. The summed E-state index contributed by atoms with van der Waals surface area (Å²) in [6.07, 6.45) is 0. The molecule has 0 aromatic heterocycles. The lowest BCUT2D eigenvalue weighted by Gasteiger charge is -2.20. The van der Waals surface area contributed by atoms with Crippen LogP contribution in [-0.4, -0.2) is 0 Å². The zero-order chi connectivity index (χ0) is 31.9. The predicted octanol–water partition coefficient (Wildman–Crippen LogP) is 13.5. The molecule has 0 aliphatic carbocycles. The molecule has 0 atom stereocenters. The Labute approximate surface area is 281 Å². The third-order valence-electron chi connectivity index (χ3n) is 9.66. The van der Waals surface area contributed by atoms with Crippen LogP contribution in [0.25, 0.3) is 88.0 Å². The molecule has 0 heterocycles. The Bertz CT molecular complexity index is 2590. The summed E-state index contributed by atoms with van der Waals surface area (Å²) in [5.74, 6) is 0. The van der Waals surface area contributed by atoms with Crippen molar-refractivity contribution in [1.82, 2.24) is 0 Å². The minimum atomic E-state index is 1.21. The molecular weight excluding hydrogens is 577 g/mol. The van der Waals surface area contributed by atoms with Gasteiger partial charge in [0.25, 0.3) is 0 Å². The van der Waals surface area contributed by atoms with E-state index in [1.807, 2.05) is 0 Å². The summed E-state index contributed by atoms with van der Waals surface area (Å²) in [6, 6.07) is 70.8. The molecule has 0 nitrogen and oxygen atoms in total. The predicted molar refractivity (Wildman–Crippen MR) is 206 cm³/mol. The van der Waals surface area contributed by atoms with E-state index in [0.29, 0.717) is 0 Å². The van der Waals surface area contributed by atoms with Crippen molar-refractivity contribution in [3.05, 3.63) is 194 Å². The third kappa shape index (κ3) is 4.78. The second-order valence-corrected chi connectivity index (χ2v) is 12.4. The summed E-state index contributed by atoms with van der Waals surface area (Å²) >= 11 is 0. The monoisotopic (exact) mass is 608 g/mol. The van der Waals surface area contributed by atoms with Gasteiger partial charge in [0.05, 0.1) is 0 Å². The summed E-state index contributed by atoms with van der Waals surface area (Å²) in [7, 11) is 0. The number of hydrogen-bond acceptors (Lipinski definition) is 0. The van der Waals surface area contributed by atoms with Crippen LogP contribution in [0, 0.1) is 0 Å². The molecule has 0 bridgehead atoms. The van der Waals surface area contributed by atoms with Crippen molar-refractivity contribution in [3.63, 3.8) is 0 Å². The molecule has 9 aromatic carbocycles. The molecular formula is C48H32. The summed E-state index contributed by atoms with van der Waals surface area (Å²) in [4.78, 5) is 0. The van der Waals surface area contributed by atoms with Crippen LogP contribution >= 0.6 is 0 Å². The molecule has 9 aromatic rings. The van der Waals surface area contributed by atoms with Crippen LogP contribution in [0.4, 0.5) is 0 Å². The van der Waals surface area contributed by atoms with E-state index in [0.717, 1.165) is 0 Å². The highest BCUT2D eigenvalue weighted by atomic mass is 14.2. The lowest BCUT2D eigenvalue weighted by atomic mass is 9.83. The van der Waals surface area contributed by atoms with Gasteiger partial charge in [-0.15, -0.1) is 0 Å². The highest BCUT2D eigenvalue weighted by Crippen LogP contribution is 2.47. The quantitative estimate of drug-likeness (QED) is 0.171. The maximum atomic E-state index is 2.43. The van der Waals surface area contributed by atoms with Gasteiger partial charge >= 0.3 is 0 Å². The fourth-order valence-electron chi connectivity index (χ4n) is 7.48. The molecule has 0 N–H and O–H groups in total. The van der Waals surface area contributed by atoms with Crippen molar-refractivity contribution in [1.29, 1.82) is 0 Å². The van der Waals surface area contributed by atoms with Crippen molar-refractivity contribution in [3.8, 4) is 55.6 Å². The fourth-order valence-corrected chi connectivity index (χ4v) is 7.48. The topological polar surface area (TPSA) is 0 Å². The minimum Gasteiger partial charge on any atom is -0.0622 e. The van der Waals surface area contributed by atoms with E-state index >= 15 is 0 Å². The van der Waals surface area contributed by atoms with Crippen LogP contribution in [0.2, 0.25) is 0 Å². The van der Waals surface area contributed by atoms with Gasteiger partial charge in [-0.1, -0.05) is 182 Å². The number of benzene rings is 9. The van der Waals surface area contributed by atoms with E-state index in [1.165, 1.54) is 88.0 Å². The molecule has 0 aliphatic heterocycles. The standard InChI is InChI=1S/C48H32/c1-3-15-33(16-4-1)36-21-13-22-38(31-36)47-43-26-11-12-27-44(43)48(42-28-14-20-35-19-7-8-24-40(35)42)45-30-29-37(32-46(45)47)41-25-10-9-23-39(41)34-17-5-2-6-18-34/h1-32H. The normalized spacial score (nSPS) is 11.3. The van der Waals surface area contributed by atoms with Crippen molar-refractivity contribution in [2.75, 3.05) is 0 Å².